The van der Waals surface area contributed by atoms with Gasteiger partial charge in [-0.25, -0.2) is 4.39 Å². The molecule has 118 valence electrons. The summed E-state index contributed by atoms with van der Waals surface area (Å²) in [5.41, 5.74) is -0.262. The molecule has 2 nitrogen and oxygen atoms in total. The molecule has 1 aromatic carbocycles. The summed E-state index contributed by atoms with van der Waals surface area (Å²) in [6.45, 7) is 6.49. The fourth-order valence-corrected chi connectivity index (χ4v) is 3.85. The lowest BCUT2D eigenvalue weighted by Gasteiger charge is -2.47. The summed E-state index contributed by atoms with van der Waals surface area (Å²) in [5.74, 6) is 0.0928. The number of ether oxygens (including phenoxy) is 1. The molecule has 0 aliphatic heterocycles. The second-order valence-electron chi connectivity index (χ2n) is 7.38. The third-order valence-corrected chi connectivity index (χ3v) is 4.81. The van der Waals surface area contributed by atoms with Crippen molar-refractivity contribution in [1.82, 2.24) is 0 Å². The first-order chi connectivity index (χ1) is 9.78. The van der Waals surface area contributed by atoms with Gasteiger partial charge < -0.3 is 9.84 Å². The van der Waals surface area contributed by atoms with Crippen molar-refractivity contribution < 1.29 is 14.2 Å². The molecule has 0 bridgehead atoms. The van der Waals surface area contributed by atoms with Crippen LogP contribution in [0.2, 0.25) is 0 Å². The van der Waals surface area contributed by atoms with Gasteiger partial charge in [0.25, 0.3) is 0 Å². The lowest BCUT2D eigenvalue weighted by atomic mass is 9.62. The monoisotopic (exact) mass is 294 g/mol. The summed E-state index contributed by atoms with van der Waals surface area (Å²) in [6, 6.07) is 5.16. The minimum atomic E-state index is -0.830. The Labute approximate surface area is 127 Å². The Balaban J connectivity index is 2.31. The van der Waals surface area contributed by atoms with E-state index in [9.17, 15) is 9.50 Å². The summed E-state index contributed by atoms with van der Waals surface area (Å²) in [5, 5.41) is 11.2. The third-order valence-electron chi connectivity index (χ3n) is 4.81. The Kier molecular flexibility index (Phi) is 4.62. The number of methoxy groups -OCH3 is 1. The Morgan fingerprint density at radius 3 is 2.67 bits per heavy atom. The second kappa shape index (κ2) is 5.96. The molecule has 3 heteroatoms. The van der Waals surface area contributed by atoms with Crippen LogP contribution in [0.5, 0.6) is 5.75 Å². The van der Waals surface area contributed by atoms with Crippen molar-refractivity contribution in [3.63, 3.8) is 0 Å². The first-order valence-corrected chi connectivity index (χ1v) is 7.82. The zero-order chi connectivity index (χ0) is 15.7. The average Bonchev–Trinajstić information content (AvgIpc) is 2.40. The lowest BCUT2D eigenvalue weighted by Crippen LogP contribution is -2.48. The molecule has 2 rings (SSSR count). The van der Waals surface area contributed by atoms with Gasteiger partial charge in [0, 0.05) is 6.42 Å². The van der Waals surface area contributed by atoms with E-state index in [1.54, 1.807) is 18.2 Å². The molecule has 0 amide bonds. The standard InChI is InChI=1S/C18H27FO2/c1-17(2,3)15-10-5-6-11-18(15,20)12-13-8-7-9-14(21-4)16(13)19/h7-9,15,20H,5-6,10-12H2,1-4H3. The van der Waals surface area contributed by atoms with Crippen LogP contribution in [0.3, 0.4) is 0 Å². The van der Waals surface area contributed by atoms with Crippen LogP contribution in [0.15, 0.2) is 18.2 Å². The lowest BCUT2D eigenvalue weighted by molar-refractivity contribution is -0.0893. The zero-order valence-electron chi connectivity index (χ0n) is 13.6. The maximum atomic E-state index is 14.4. The predicted molar refractivity (Wildman–Crippen MR) is 83.0 cm³/mol. The highest BCUT2D eigenvalue weighted by atomic mass is 19.1. The van der Waals surface area contributed by atoms with Gasteiger partial charge in [0.15, 0.2) is 11.6 Å². The van der Waals surface area contributed by atoms with Gasteiger partial charge in [0.1, 0.15) is 0 Å². The average molecular weight is 294 g/mol. The molecule has 0 aromatic heterocycles. The van der Waals surface area contributed by atoms with Crippen LogP contribution >= 0.6 is 0 Å². The van der Waals surface area contributed by atoms with Crippen LogP contribution in [-0.2, 0) is 6.42 Å². The van der Waals surface area contributed by atoms with E-state index in [1.165, 1.54) is 7.11 Å². The Hall–Kier alpha value is -1.09. The van der Waals surface area contributed by atoms with Crippen LogP contribution in [0, 0.1) is 17.2 Å². The number of hydrogen-bond acceptors (Lipinski definition) is 2. The van der Waals surface area contributed by atoms with Crippen LogP contribution < -0.4 is 4.74 Å². The van der Waals surface area contributed by atoms with E-state index in [1.807, 2.05) is 0 Å². The smallest absolute Gasteiger partial charge is 0.168 e. The predicted octanol–water partition coefficient (Wildman–Crippen LogP) is 4.34. The number of aliphatic hydroxyl groups is 1. The van der Waals surface area contributed by atoms with E-state index in [4.69, 9.17) is 4.74 Å². The van der Waals surface area contributed by atoms with E-state index >= 15 is 0 Å². The molecule has 2 atom stereocenters. The highest BCUT2D eigenvalue weighted by molar-refractivity contribution is 5.32. The van der Waals surface area contributed by atoms with Crippen molar-refractivity contribution in [3.8, 4) is 5.75 Å². The van der Waals surface area contributed by atoms with Crippen molar-refractivity contribution in [2.24, 2.45) is 11.3 Å². The Morgan fingerprint density at radius 1 is 1.33 bits per heavy atom. The van der Waals surface area contributed by atoms with Crippen molar-refractivity contribution in [2.75, 3.05) is 7.11 Å². The first kappa shape index (κ1) is 16.3. The van der Waals surface area contributed by atoms with E-state index in [0.717, 1.165) is 25.7 Å². The fraction of sp³-hybridized carbons (Fsp3) is 0.667. The van der Waals surface area contributed by atoms with Crippen LogP contribution in [0.25, 0.3) is 0 Å². The SMILES string of the molecule is COc1cccc(CC2(O)CCCCC2C(C)(C)C)c1F. The molecule has 1 saturated carbocycles. The van der Waals surface area contributed by atoms with Gasteiger partial charge in [-0.15, -0.1) is 0 Å². The largest absolute Gasteiger partial charge is 0.494 e. The molecule has 1 aromatic rings. The number of rotatable bonds is 3. The molecule has 1 N–H and O–H groups in total. The highest BCUT2D eigenvalue weighted by Crippen LogP contribution is 2.46. The number of benzene rings is 1. The van der Waals surface area contributed by atoms with E-state index in [-0.39, 0.29) is 22.9 Å². The highest BCUT2D eigenvalue weighted by Gasteiger charge is 2.45. The second-order valence-corrected chi connectivity index (χ2v) is 7.38. The van der Waals surface area contributed by atoms with E-state index in [2.05, 4.69) is 20.8 Å². The minimum Gasteiger partial charge on any atom is -0.494 e. The number of halogens is 1. The summed E-state index contributed by atoms with van der Waals surface area (Å²) in [6.07, 6.45) is 4.26. The van der Waals surface area contributed by atoms with Crippen molar-refractivity contribution in [2.45, 2.75) is 58.5 Å². The molecule has 0 saturated heterocycles. The molecule has 0 radical (unpaired) electrons. The van der Waals surface area contributed by atoms with Gasteiger partial charge in [-0.1, -0.05) is 45.7 Å². The summed E-state index contributed by atoms with van der Waals surface area (Å²) >= 11 is 0. The molecule has 21 heavy (non-hydrogen) atoms. The topological polar surface area (TPSA) is 29.5 Å². The van der Waals surface area contributed by atoms with E-state index < -0.39 is 5.60 Å². The summed E-state index contributed by atoms with van der Waals surface area (Å²) < 4.78 is 19.4. The fourth-order valence-electron chi connectivity index (χ4n) is 3.85. The molecular formula is C18H27FO2. The molecular weight excluding hydrogens is 267 g/mol. The Morgan fingerprint density at radius 2 is 2.05 bits per heavy atom. The Bertz CT molecular complexity index is 492. The maximum absolute atomic E-state index is 14.4. The molecule has 0 heterocycles. The van der Waals surface area contributed by atoms with Crippen LogP contribution in [0.4, 0.5) is 4.39 Å². The van der Waals surface area contributed by atoms with Gasteiger partial charge in [0.2, 0.25) is 0 Å². The van der Waals surface area contributed by atoms with Gasteiger partial charge in [-0.3, -0.25) is 0 Å². The minimum absolute atomic E-state index is 0.0184. The van der Waals surface area contributed by atoms with Gasteiger partial charge in [0.05, 0.1) is 12.7 Å². The van der Waals surface area contributed by atoms with Gasteiger partial charge in [-0.2, -0.15) is 0 Å². The maximum Gasteiger partial charge on any atom is 0.168 e. The zero-order valence-corrected chi connectivity index (χ0v) is 13.6. The third kappa shape index (κ3) is 3.39. The number of hydrogen-bond donors (Lipinski definition) is 1. The van der Waals surface area contributed by atoms with Crippen molar-refractivity contribution in [3.05, 3.63) is 29.6 Å². The van der Waals surface area contributed by atoms with Crippen molar-refractivity contribution >= 4 is 0 Å². The van der Waals surface area contributed by atoms with Crippen LogP contribution in [-0.4, -0.2) is 17.8 Å². The van der Waals surface area contributed by atoms with Crippen LogP contribution in [0.1, 0.15) is 52.0 Å². The molecule has 1 aliphatic rings. The normalized spacial score (nSPS) is 26.7. The summed E-state index contributed by atoms with van der Waals surface area (Å²) in [7, 11) is 1.47. The van der Waals surface area contributed by atoms with Crippen molar-refractivity contribution in [1.29, 1.82) is 0 Å². The summed E-state index contributed by atoms with van der Waals surface area (Å²) in [4.78, 5) is 0. The van der Waals surface area contributed by atoms with Gasteiger partial charge >= 0.3 is 0 Å². The molecule has 0 spiro atoms. The molecule has 1 aliphatic carbocycles. The molecule has 2 unspecified atom stereocenters. The molecule has 1 fully saturated rings. The van der Waals surface area contributed by atoms with E-state index in [0.29, 0.717) is 12.0 Å². The first-order valence-electron chi connectivity index (χ1n) is 7.82. The van der Waals surface area contributed by atoms with Gasteiger partial charge in [-0.05, 0) is 35.8 Å². The quantitative estimate of drug-likeness (QED) is 0.898.